The van der Waals surface area contributed by atoms with Crippen LogP contribution in [0.15, 0.2) is 24.3 Å². The quantitative estimate of drug-likeness (QED) is 0.776. The first-order valence-corrected chi connectivity index (χ1v) is 6.33. The van der Waals surface area contributed by atoms with Gasteiger partial charge in [0.25, 0.3) is 0 Å². The summed E-state index contributed by atoms with van der Waals surface area (Å²) in [4.78, 5) is 11.7. The van der Waals surface area contributed by atoms with Crippen LogP contribution in [0.3, 0.4) is 0 Å². The van der Waals surface area contributed by atoms with Gasteiger partial charge in [-0.1, -0.05) is 31.9 Å². The number of nitrogens with two attached hydrogens (primary N) is 1. The third-order valence-electron chi connectivity index (χ3n) is 2.83. The van der Waals surface area contributed by atoms with E-state index < -0.39 is 6.04 Å². The third-order valence-corrected chi connectivity index (χ3v) is 2.83. The van der Waals surface area contributed by atoms with Crippen LogP contribution in [0.4, 0.5) is 0 Å². The first kappa shape index (κ1) is 14.5. The number of rotatable bonds is 7. The Morgan fingerprint density at radius 2 is 2.06 bits per heavy atom. The molecule has 1 atom stereocenters. The fraction of sp³-hybridized carbons (Fsp3) is 0.500. The van der Waals surface area contributed by atoms with Crippen molar-refractivity contribution in [1.29, 1.82) is 0 Å². The molecule has 0 radical (unpaired) electrons. The summed E-state index contributed by atoms with van der Waals surface area (Å²) in [5.41, 5.74) is 6.82. The highest BCUT2D eigenvalue weighted by molar-refractivity contribution is 5.81. The number of benzene rings is 1. The minimum absolute atomic E-state index is 0.0840. The Balaban J connectivity index is 2.37. The van der Waals surface area contributed by atoms with Gasteiger partial charge in [0.1, 0.15) is 5.75 Å². The number of amides is 1. The lowest BCUT2D eigenvalue weighted by Crippen LogP contribution is -2.40. The fourth-order valence-corrected chi connectivity index (χ4v) is 1.62. The van der Waals surface area contributed by atoms with Crippen LogP contribution in [0.5, 0.6) is 5.75 Å². The van der Waals surface area contributed by atoms with Crippen LogP contribution >= 0.6 is 0 Å². The molecule has 0 bridgehead atoms. The Kier molecular flexibility index (Phi) is 6.22. The van der Waals surface area contributed by atoms with Crippen molar-refractivity contribution in [3.8, 4) is 5.75 Å². The Hall–Kier alpha value is -1.55. The molecular formula is C14H22N2O2. The van der Waals surface area contributed by atoms with Gasteiger partial charge in [0.05, 0.1) is 13.2 Å². The number of nitrogens with one attached hydrogen (secondary N) is 1. The monoisotopic (exact) mass is 250 g/mol. The molecule has 100 valence electrons. The van der Waals surface area contributed by atoms with Gasteiger partial charge in [0, 0.05) is 6.54 Å². The molecule has 0 spiro atoms. The van der Waals surface area contributed by atoms with Crippen molar-refractivity contribution in [1.82, 2.24) is 5.32 Å². The van der Waals surface area contributed by atoms with Crippen molar-refractivity contribution >= 4 is 5.91 Å². The number of carbonyl (C=O) groups excluding carboxylic acids is 1. The molecule has 4 nitrogen and oxygen atoms in total. The van der Waals surface area contributed by atoms with Crippen molar-refractivity contribution < 1.29 is 9.53 Å². The van der Waals surface area contributed by atoms with E-state index in [1.807, 2.05) is 24.3 Å². The molecule has 0 aliphatic carbocycles. The zero-order valence-electron chi connectivity index (χ0n) is 11.1. The van der Waals surface area contributed by atoms with Crippen LogP contribution in [-0.4, -0.2) is 19.1 Å². The average molecular weight is 250 g/mol. The predicted octanol–water partition coefficient (Wildman–Crippen LogP) is 1.83. The second-order valence-corrected chi connectivity index (χ2v) is 4.31. The Morgan fingerprint density at radius 3 is 2.61 bits per heavy atom. The number of methoxy groups -OCH3 is 1. The lowest BCUT2D eigenvalue weighted by atomic mass is 10.1. The van der Waals surface area contributed by atoms with E-state index in [2.05, 4.69) is 12.2 Å². The van der Waals surface area contributed by atoms with Gasteiger partial charge in [0.15, 0.2) is 0 Å². The molecule has 1 unspecified atom stereocenters. The van der Waals surface area contributed by atoms with Crippen molar-refractivity contribution in [3.05, 3.63) is 29.8 Å². The number of hydrogen-bond donors (Lipinski definition) is 2. The van der Waals surface area contributed by atoms with Crippen molar-refractivity contribution in [3.63, 3.8) is 0 Å². The summed E-state index contributed by atoms with van der Waals surface area (Å²) in [6.45, 7) is 2.59. The Morgan fingerprint density at radius 1 is 1.39 bits per heavy atom. The zero-order valence-corrected chi connectivity index (χ0v) is 11.1. The smallest absolute Gasteiger partial charge is 0.237 e. The van der Waals surface area contributed by atoms with E-state index >= 15 is 0 Å². The normalized spacial score (nSPS) is 11.9. The largest absolute Gasteiger partial charge is 0.497 e. The molecule has 4 heteroatoms. The van der Waals surface area contributed by atoms with Gasteiger partial charge in [-0.3, -0.25) is 4.79 Å². The minimum atomic E-state index is -0.400. The Bertz CT molecular complexity index is 363. The van der Waals surface area contributed by atoms with Gasteiger partial charge < -0.3 is 15.8 Å². The second-order valence-electron chi connectivity index (χ2n) is 4.31. The summed E-state index contributed by atoms with van der Waals surface area (Å²) in [5.74, 6) is 0.726. The lowest BCUT2D eigenvalue weighted by Gasteiger charge is -2.11. The van der Waals surface area contributed by atoms with E-state index in [9.17, 15) is 4.79 Å². The topological polar surface area (TPSA) is 64.4 Å². The van der Waals surface area contributed by atoms with E-state index in [1.165, 1.54) is 0 Å². The lowest BCUT2D eigenvalue weighted by molar-refractivity contribution is -0.122. The van der Waals surface area contributed by atoms with Crippen LogP contribution in [0.1, 0.15) is 31.7 Å². The molecule has 0 fully saturated rings. The molecule has 0 heterocycles. The maximum atomic E-state index is 11.7. The molecule has 3 N–H and O–H groups in total. The first-order valence-electron chi connectivity index (χ1n) is 6.33. The van der Waals surface area contributed by atoms with Crippen molar-refractivity contribution in [2.75, 3.05) is 7.11 Å². The van der Waals surface area contributed by atoms with Crippen LogP contribution < -0.4 is 15.8 Å². The van der Waals surface area contributed by atoms with E-state index in [-0.39, 0.29) is 5.91 Å². The number of unbranched alkanes of at least 4 members (excludes halogenated alkanes) is 1. The predicted molar refractivity (Wildman–Crippen MR) is 72.3 cm³/mol. The van der Waals surface area contributed by atoms with Gasteiger partial charge in [-0.05, 0) is 24.1 Å². The second kappa shape index (κ2) is 7.71. The van der Waals surface area contributed by atoms with E-state index in [1.54, 1.807) is 7.11 Å². The molecule has 0 saturated heterocycles. The van der Waals surface area contributed by atoms with E-state index in [0.29, 0.717) is 6.54 Å². The van der Waals surface area contributed by atoms with Gasteiger partial charge in [-0.2, -0.15) is 0 Å². The van der Waals surface area contributed by atoms with Crippen LogP contribution in [-0.2, 0) is 11.3 Å². The standard InChI is InChI=1S/C14H22N2O2/c1-3-4-5-13(15)14(17)16-10-11-6-8-12(18-2)9-7-11/h6-9,13H,3-5,10,15H2,1-2H3,(H,16,17). The van der Waals surface area contributed by atoms with E-state index in [4.69, 9.17) is 10.5 Å². The molecule has 0 aliphatic heterocycles. The highest BCUT2D eigenvalue weighted by Crippen LogP contribution is 2.11. The molecule has 1 rings (SSSR count). The number of ether oxygens (including phenoxy) is 1. The van der Waals surface area contributed by atoms with Crippen molar-refractivity contribution in [2.45, 2.75) is 38.8 Å². The average Bonchev–Trinajstić information content (AvgIpc) is 2.42. The molecule has 18 heavy (non-hydrogen) atoms. The van der Waals surface area contributed by atoms with Gasteiger partial charge in [-0.15, -0.1) is 0 Å². The fourth-order valence-electron chi connectivity index (χ4n) is 1.62. The number of hydrogen-bond acceptors (Lipinski definition) is 3. The van der Waals surface area contributed by atoms with Gasteiger partial charge >= 0.3 is 0 Å². The first-order chi connectivity index (χ1) is 8.67. The summed E-state index contributed by atoms with van der Waals surface area (Å²) < 4.78 is 5.07. The molecule has 1 aromatic rings. The minimum Gasteiger partial charge on any atom is -0.497 e. The summed E-state index contributed by atoms with van der Waals surface area (Å²) in [7, 11) is 1.63. The zero-order chi connectivity index (χ0) is 13.4. The summed E-state index contributed by atoms with van der Waals surface area (Å²) in [6.07, 6.45) is 2.78. The van der Waals surface area contributed by atoms with Crippen molar-refractivity contribution in [2.24, 2.45) is 5.73 Å². The van der Waals surface area contributed by atoms with Crippen LogP contribution in [0, 0.1) is 0 Å². The molecule has 1 amide bonds. The molecular weight excluding hydrogens is 228 g/mol. The maximum Gasteiger partial charge on any atom is 0.237 e. The summed E-state index contributed by atoms with van der Waals surface area (Å²) in [5, 5.41) is 2.84. The number of carbonyl (C=O) groups is 1. The third kappa shape index (κ3) is 4.75. The van der Waals surface area contributed by atoms with Crippen LogP contribution in [0.25, 0.3) is 0 Å². The Labute approximate surface area is 109 Å². The van der Waals surface area contributed by atoms with Crippen LogP contribution in [0.2, 0.25) is 0 Å². The highest BCUT2D eigenvalue weighted by Gasteiger charge is 2.11. The SMILES string of the molecule is CCCCC(N)C(=O)NCc1ccc(OC)cc1. The molecule has 0 saturated carbocycles. The maximum absolute atomic E-state index is 11.7. The molecule has 0 aromatic heterocycles. The van der Waals surface area contributed by atoms with Gasteiger partial charge in [-0.25, -0.2) is 0 Å². The summed E-state index contributed by atoms with van der Waals surface area (Å²) >= 11 is 0. The van der Waals surface area contributed by atoms with E-state index in [0.717, 1.165) is 30.6 Å². The molecule has 0 aliphatic rings. The molecule has 1 aromatic carbocycles. The summed E-state index contributed by atoms with van der Waals surface area (Å²) in [6, 6.07) is 7.20. The highest BCUT2D eigenvalue weighted by atomic mass is 16.5. The van der Waals surface area contributed by atoms with Gasteiger partial charge in [0.2, 0.25) is 5.91 Å².